The highest BCUT2D eigenvalue weighted by molar-refractivity contribution is 5.91. The molecule has 7 heteroatoms. The predicted octanol–water partition coefficient (Wildman–Crippen LogP) is 2.72. The van der Waals surface area contributed by atoms with Crippen molar-refractivity contribution < 1.29 is 9.47 Å². The molecule has 0 amide bonds. The average molecular weight is 371 g/mol. The van der Waals surface area contributed by atoms with Crippen molar-refractivity contribution in [3.63, 3.8) is 0 Å². The normalized spacial score (nSPS) is 30.8. The number of nitrogens with one attached hydrogen (secondary N) is 1. The Morgan fingerprint density at radius 3 is 2.59 bits per heavy atom. The first-order valence-electron chi connectivity index (χ1n) is 10.2. The van der Waals surface area contributed by atoms with Crippen molar-refractivity contribution in [2.75, 3.05) is 37.2 Å². The van der Waals surface area contributed by atoms with E-state index in [1.165, 1.54) is 18.5 Å². The van der Waals surface area contributed by atoms with Crippen molar-refractivity contribution >= 4 is 22.5 Å². The molecular formula is C20H29N5O2. The zero-order valence-corrected chi connectivity index (χ0v) is 16.2. The first-order valence-corrected chi connectivity index (χ1v) is 10.2. The van der Waals surface area contributed by atoms with Gasteiger partial charge < -0.3 is 19.3 Å². The van der Waals surface area contributed by atoms with Gasteiger partial charge in [0.05, 0.1) is 48.7 Å². The summed E-state index contributed by atoms with van der Waals surface area (Å²) >= 11 is 0. The molecule has 2 bridgehead atoms. The lowest BCUT2D eigenvalue weighted by molar-refractivity contribution is 0.0660. The first kappa shape index (κ1) is 17.3. The molecule has 7 nitrogen and oxygen atoms in total. The molecule has 0 spiro atoms. The van der Waals surface area contributed by atoms with Crippen LogP contribution in [0.25, 0.3) is 11.0 Å². The molecule has 1 saturated carbocycles. The predicted molar refractivity (Wildman–Crippen MR) is 105 cm³/mol. The number of methoxy groups -OCH3 is 1. The van der Waals surface area contributed by atoms with Gasteiger partial charge in [-0.2, -0.15) is 5.10 Å². The number of pyridine rings is 1. The van der Waals surface area contributed by atoms with Crippen LogP contribution in [0.5, 0.6) is 0 Å². The summed E-state index contributed by atoms with van der Waals surface area (Å²) in [7, 11) is 4.05. The van der Waals surface area contributed by atoms with E-state index in [4.69, 9.17) is 14.5 Å². The van der Waals surface area contributed by atoms with Crippen LogP contribution in [0, 0.1) is 0 Å². The fourth-order valence-electron chi connectivity index (χ4n) is 5.19. The number of ether oxygens (including phenoxy) is 2. The zero-order chi connectivity index (χ0) is 18.4. The van der Waals surface area contributed by atoms with Crippen LogP contribution in [-0.4, -0.2) is 66.8 Å². The third-order valence-electron chi connectivity index (χ3n) is 6.80. The maximum Gasteiger partial charge on any atom is 0.159 e. The molecule has 2 aromatic heterocycles. The minimum Gasteiger partial charge on any atom is -0.381 e. The lowest BCUT2D eigenvalue weighted by Crippen LogP contribution is -2.46. The van der Waals surface area contributed by atoms with E-state index >= 15 is 0 Å². The van der Waals surface area contributed by atoms with Gasteiger partial charge in [-0.05, 0) is 38.5 Å². The molecule has 1 aliphatic carbocycles. The van der Waals surface area contributed by atoms with Gasteiger partial charge in [0.1, 0.15) is 5.82 Å². The van der Waals surface area contributed by atoms with Crippen LogP contribution in [0.15, 0.2) is 12.3 Å². The molecule has 5 rings (SSSR count). The van der Waals surface area contributed by atoms with Crippen LogP contribution >= 0.6 is 0 Å². The maximum atomic E-state index is 5.76. The lowest BCUT2D eigenvalue weighted by atomic mass is 9.91. The van der Waals surface area contributed by atoms with Crippen LogP contribution in [-0.2, 0) is 9.47 Å². The summed E-state index contributed by atoms with van der Waals surface area (Å²) in [6.07, 6.45) is 9.30. The molecule has 2 aliphatic heterocycles. The van der Waals surface area contributed by atoms with Crippen LogP contribution < -0.4 is 9.80 Å². The molecule has 3 aliphatic rings. The SMILES string of the molecule is COC1CCC(N(C)c2cc(N3C4CCC3COC4)nc3[nH]ncc23)CC1. The van der Waals surface area contributed by atoms with Crippen molar-refractivity contribution in [2.24, 2.45) is 0 Å². The Morgan fingerprint density at radius 2 is 1.89 bits per heavy atom. The van der Waals surface area contributed by atoms with E-state index in [2.05, 4.69) is 33.1 Å². The second kappa shape index (κ2) is 6.95. The molecule has 2 unspecified atom stereocenters. The fourth-order valence-corrected chi connectivity index (χ4v) is 5.19. The van der Waals surface area contributed by atoms with Crippen LogP contribution in [0.4, 0.5) is 11.5 Å². The van der Waals surface area contributed by atoms with E-state index in [0.29, 0.717) is 24.2 Å². The highest BCUT2D eigenvalue weighted by Crippen LogP contribution is 2.38. The zero-order valence-electron chi connectivity index (χ0n) is 16.2. The summed E-state index contributed by atoms with van der Waals surface area (Å²) in [5.41, 5.74) is 2.11. The van der Waals surface area contributed by atoms with Gasteiger partial charge in [0, 0.05) is 26.3 Å². The molecule has 2 aromatic rings. The smallest absolute Gasteiger partial charge is 0.159 e. The van der Waals surface area contributed by atoms with E-state index < -0.39 is 0 Å². The van der Waals surface area contributed by atoms with Gasteiger partial charge in [0.2, 0.25) is 0 Å². The summed E-state index contributed by atoms with van der Waals surface area (Å²) in [6, 6.07) is 3.71. The van der Waals surface area contributed by atoms with E-state index in [9.17, 15) is 0 Å². The van der Waals surface area contributed by atoms with Crippen molar-refractivity contribution in [2.45, 2.75) is 62.8 Å². The highest BCUT2D eigenvalue weighted by Gasteiger charge is 2.38. The second-order valence-electron chi connectivity index (χ2n) is 8.24. The molecule has 1 N–H and O–H groups in total. The monoisotopic (exact) mass is 371 g/mol. The average Bonchev–Trinajstić information content (AvgIpc) is 3.28. The van der Waals surface area contributed by atoms with Gasteiger partial charge in [-0.3, -0.25) is 5.10 Å². The molecule has 2 atom stereocenters. The first-order chi connectivity index (χ1) is 13.2. The molecule has 3 fully saturated rings. The minimum absolute atomic E-state index is 0.417. The van der Waals surface area contributed by atoms with Crippen LogP contribution in [0.2, 0.25) is 0 Å². The van der Waals surface area contributed by atoms with E-state index in [1.807, 2.05) is 13.3 Å². The van der Waals surface area contributed by atoms with Gasteiger partial charge in [-0.25, -0.2) is 4.98 Å². The van der Waals surface area contributed by atoms with Crippen molar-refractivity contribution in [1.29, 1.82) is 0 Å². The van der Waals surface area contributed by atoms with E-state index in [-0.39, 0.29) is 0 Å². The molecule has 0 radical (unpaired) electrons. The molecule has 0 aromatic carbocycles. The number of aromatic nitrogens is 3. The number of hydrogen-bond acceptors (Lipinski definition) is 6. The van der Waals surface area contributed by atoms with Crippen molar-refractivity contribution in [3.8, 4) is 0 Å². The molecule has 4 heterocycles. The van der Waals surface area contributed by atoms with Gasteiger partial charge in [0.25, 0.3) is 0 Å². The van der Waals surface area contributed by atoms with Crippen LogP contribution in [0.3, 0.4) is 0 Å². The van der Waals surface area contributed by atoms with Gasteiger partial charge in [0.15, 0.2) is 5.65 Å². The number of anilines is 2. The topological polar surface area (TPSA) is 66.5 Å². The summed E-state index contributed by atoms with van der Waals surface area (Å²) in [6.45, 7) is 1.62. The van der Waals surface area contributed by atoms with E-state index in [1.54, 1.807) is 0 Å². The number of morpholine rings is 1. The fraction of sp³-hybridized carbons (Fsp3) is 0.700. The number of aromatic amines is 1. The second-order valence-corrected chi connectivity index (χ2v) is 8.24. The quantitative estimate of drug-likeness (QED) is 0.891. The largest absolute Gasteiger partial charge is 0.381 e. The van der Waals surface area contributed by atoms with Gasteiger partial charge in [-0.15, -0.1) is 0 Å². The number of rotatable bonds is 4. The Morgan fingerprint density at radius 1 is 1.15 bits per heavy atom. The highest BCUT2D eigenvalue weighted by atomic mass is 16.5. The number of fused-ring (bicyclic) bond motifs is 3. The Hall–Kier alpha value is -1.86. The van der Waals surface area contributed by atoms with Gasteiger partial charge >= 0.3 is 0 Å². The standard InChI is InChI=1S/C20H29N5O2/c1-24(13-5-7-16(26-2)8-6-13)18-9-19(22-20-17(18)10-21-23-20)25-14-3-4-15(25)12-27-11-14/h9-10,13-16H,3-8,11-12H2,1-2H3,(H,21,22,23). The summed E-state index contributed by atoms with van der Waals surface area (Å²) < 4.78 is 11.3. The number of nitrogens with zero attached hydrogens (tertiary/aromatic N) is 4. The van der Waals surface area contributed by atoms with Crippen molar-refractivity contribution in [1.82, 2.24) is 15.2 Å². The Kier molecular flexibility index (Phi) is 4.44. The van der Waals surface area contributed by atoms with Gasteiger partial charge in [-0.1, -0.05) is 0 Å². The molecular weight excluding hydrogens is 342 g/mol. The number of H-pyrrole nitrogens is 1. The number of hydrogen-bond donors (Lipinski definition) is 1. The Balaban J connectivity index is 1.48. The third kappa shape index (κ3) is 2.97. The molecule has 2 saturated heterocycles. The summed E-state index contributed by atoms with van der Waals surface area (Å²) in [5, 5.41) is 8.48. The van der Waals surface area contributed by atoms with E-state index in [0.717, 1.165) is 55.7 Å². The minimum atomic E-state index is 0.417. The lowest BCUT2D eigenvalue weighted by Gasteiger charge is -2.38. The Labute approximate surface area is 160 Å². The van der Waals surface area contributed by atoms with Crippen LogP contribution in [0.1, 0.15) is 38.5 Å². The summed E-state index contributed by atoms with van der Waals surface area (Å²) in [4.78, 5) is 9.85. The molecule has 146 valence electrons. The molecule has 27 heavy (non-hydrogen) atoms. The van der Waals surface area contributed by atoms with Crippen molar-refractivity contribution in [3.05, 3.63) is 12.3 Å². The third-order valence-corrected chi connectivity index (χ3v) is 6.80. The maximum absolute atomic E-state index is 5.76. The summed E-state index contributed by atoms with van der Waals surface area (Å²) in [5.74, 6) is 1.06. The Bertz CT molecular complexity index is 785.